The van der Waals surface area contributed by atoms with Crippen molar-refractivity contribution in [2.75, 3.05) is 0 Å². The zero-order valence-electron chi connectivity index (χ0n) is 21.6. The number of rotatable bonds is 16. The summed E-state index contributed by atoms with van der Waals surface area (Å²) in [6.45, 7) is 6.46. The van der Waals surface area contributed by atoms with Crippen molar-refractivity contribution in [3.05, 3.63) is 114 Å². The molecule has 0 unspecified atom stereocenters. The molecule has 3 rings (SSSR count). The molecule has 1 heteroatoms. The molecule has 0 aliphatic rings. The molecule has 184 valence electrons. The van der Waals surface area contributed by atoms with Gasteiger partial charge in [0.1, 0.15) is 12.4 Å². The lowest BCUT2D eigenvalue weighted by atomic mass is 10.0. The zero-order valence-corrected chi connectivity index (χ0v) is 21.6. The summed E-state index contributed by atoms with van der Waals surface area (Å²) >= 11 is 0. The van der Waals surface area contributed by atoms with Gasteiger partial charge in [-0.2, -0.15) is 0 Å². The van der Waals surface area contributed by atoms with Crippen LogP contribution in [0, 0.1) is 0 Å². The van der Waals surface area contributed by atoms with Gasteiger partial charge in [0.25, 0.3) is 0 Å². The average molecular weight is 467 g/mol. The minimum Gasteiger partial charge on any atom is -0.489 e. The molecule has 3 aromatic rings. The molecule has 0 saturated heterocycles. The van der Waals surface area contributed by atoms with E-state index in [2.05, 4.69) is 98.5 Å². The van der Waals surface area contributed by atoms with Gasteiger partial charge >= 0.3 is 0 Å². The van der Waals surface area contributed by atoms with Crippen molar-refractivity contribution in [1.82, 2.24) is 0 Å². The van der Waals surface area contributed by atoms with E-state index in [0.29, 0.717) is 6.61 Å². The maximum absolute atomic E-state index is 6.04. The maximum Gasteiger partial charge on any atom is 0.119 e. The molecule has 0 heterocycles. The molecular formula is C34H42O. The minimum absolute atomic E-state index is 0.602. The van der Waals surface area contributed by atoms with Crippen LogP contribution in [0.5, 0.6) is 5.75 Å². The molecule has 0 bridgehead atoms. The van der Waals surface area contributed by atoms with Crippen molar-refractivity contribution in [3.63, 3.8) is 0 Å². The average Bonchev–Trinajstić information content (AvgIpc) is 2.90. The van der Waals surface area contributed by atoms with Gasteiger partial charge in [-0.3, -0.25) is 0 Å². The molecule has 0 amide bonds. The Morgan fingerprint density at radius 1 is 0.600 bits per heavy atom. The lowest BCUT2D eigenvalue weighted by molar-refractivity contribution is 0.306. The van der Waals surface area contributed by atoms with Crippen LogP contribution in [-0.2, 0) is 19.4 Å². The Kier molecular flexibility index (Phi) is 12.0. The van der Waals surface area contributed by atoms with Crippen LogP contribution in [0.4, 0.5) is 0 Å². The largest absolute Gasteiger partial charge is 0.489 e. The maximum atomic E-state index is 6.04. The van der Waals surface area contributed by atoms with Crippen LogP contribution in [0.1, 0.15) is 75.0 Å². The highest BCUT2D eigenvalue weighted by atomic mass is 16.5. The quantitative estimate of drug-likeness (QED) is 0.151. The molecular weight excluding hydrogens is 424 g/mol. The molecule has 35 heavy (non-hydrogen) atoms. The van der Waals surface area contributed by atoms with Crippen molar-refractivity contribution in [1.29, 1.82) is 0 Å². The summed E-state index contributed by atoms with van der Waals surface area (Å²) in [5, 5.41) is 0. The van der Waals surface area contributed by atoms with Crippen LogP contribution < -0.4 is 4.74 Å². The van der Waals surface area contributed by atoms with Gasteiger partial charge in [-0.05, 0) is 85.4 Å². The molecule has 0 aliphatic carbocycles. The first-order valence-corrected chi connectivity index (χ1v) is 13.4. The van der Waals surface area contributed by atoms with Gasteiger partial charge in [-0.25, -0.2) is 0 Å². The number of unbranched alkanes of at least 4 members (excludes halogenated alkanes) is 6. The van der Waals surface area contributed by atoms with Crippen molar-refractivity contribution in [2.24, 2.45) is 0 Å². The predicted octanol–water partition coefficient (Wildman–Crippen LogP) is 9.90. The summed E-state index contributed by atoms with van der Waals surface area (Å²) in [6, 6.07) is 26.3. The Hall–Kier alpha value is -3.06. The van der Waals surface area contributed by atoms with Crippen molar-refractivity contribution in [3.8, 4) is 16.9 Å². The van der Waals surface area contributed by atoms with Gasteiger partial charge in [0, 0.05) is 0 Å². The van der Waals surface area contributed by atoms with Crippen molar-refractivity contribution < 1.29 is 4.74 Å². The standard InChI is InChI=1S/C34H42O/c1-3-5-7-8-9-10-11-13-15-29-16-18-31(19-17-29)28-35-34-26-24-33(25-27-34)32-22-20-30(21-23-32)14-12-6-4-2/h3-4,6,16-27H,1,5,7-15,28H2,2H3/b6-4+. The fourth-order valence-corrected chi connectivity index (χ4v) is 4.32. The number of ether oxygens (including phenoxy) is 1. The van der Waals surface area contributed by atoms with E-state index in [4.69, 9.17) is 4.74 Å². The van der Waals surface area contributed by atoms with Gasteiger partial charge in [0.05, 0.1) is 0 Å². The first-order valence-electron chi connectivity index (χ1n) is 13.4. The number of hydrogen-bond acceptors (Lipinski definition) is 1. The van der Waals surface area contributed by atoms with Crippen LogP contribution in [0.2, 0.25) is 0 Å². The monoisotopic (exact) mass is 466 g/mol. The Morgan fingerprint density at radius 3 is 1.80 bits per heavy atom. The minimum atomic E-state index is 0.602. The van der Waals surface area contributed by atoms with E-state index in [1.54, 1.807) is 0 Å². The third-order valence-corrected chi connectivity index (χ3v) is 6.53. The van der Waals surface area contributed by atoms with Gasteiger partial charge in [0.2, 0.25) is 0 Å². The molecule has 0 aliphatic heterocycles. The van der Waals surface area contributed by atoms with Crippen molar-refractivity contribution >= 4 is 0 Å². The molecule has 1 nitrogen and oxygen atoms in total. The highest BCUT2D eigenvalue weighted by molar-refractivity contribution is 5.64. The summed E-state index contributed by atoms with van der Waals surface area (Å²) < 4.78 is 6.04. The first-order chi connectivity index (χ1) is 17.3. The summed E-state index contributed by atoms with van der Waals surface area (Å²) in [6.07, 6.45) is 18.8. The lowest BCUT2D eigenvalue weighted by Crippen LogP contribution is -1.96. The van der Waals surface area contributed by atoms with E-state index < -0.39 is 0 Å². The Bertz CT molecular complexity index is 994. The van der Waals surface area contributed by atoms with Gasteiger partial charge in [-0.1, -0.05) is 105 Å². The smallest absolute Gasteiger partial charge is 0.119 e. The fourth-order valence-electron chi connectivity index (χ4n) is 4.32. The van der Waals surface area contributed by atoms with Crippen LogP contribution in [0.3, 0.4) is 0 Å². The van der Waals surface area contributed by atoms with Gasteiger partial charge in [-0.15, -0.1) is 6.58 Å². The highest BCUT2D eigenvalue weighted by Crippen LogP contribution is 2.24. The second-order valence-corrected chi connectivity index (χ2v) is 9.38. The summed E-state index contributed by atoms with van der Waals surface area (Å²) in [5.41, 5.74) is 6.49. The van der Waals surface area contributed by atoms with Gasteiger partial charge in [0.15, 0.2) is 0 Å². The lowest BCUT2D eigenvalue weighted by Gasteiger charge is -2.09. The van der Waals surface area contributed by atoms with Crippen LogP contribution in [0.25, 0.3) is 11.1 Å². The molecule has 3 aromatic carbocycles. The normalized spacial score (nSPS) is 11.1. The number of aryl methyl sites for hydroxylation is 2. The fraction of sp³-hybridized carbons (Fsp3) is 0.353. The van der Waals surface area contributed by atoms with Gasteiger partial charge < -0.3 is 4.74 Å². The summed E-state index contributed by atoms with van der Waals surface area (Å²) in [4.78, 5) is 0. The first kappa shape index (κ1) is 26.5. The molecule has 0 saturated carbocycles. The van der Waals surface area contributed by atoms with E-state index in [-0.39, 0.29) is 0 Å². The SMILES string of the molecule is C=CCCCCCCCCc1ccc(COc2ccc(-c3ccc(CC/C=C/C)cc3)cc2)cc1. The molecule has 0 spiro atoms. The zero-order chi connectivity index (χ0) is 24.6. The Balaban J connectivity index is 1.38. The summed E-state index contributed by atoms with van der Waals surface area (Å²) in [5.74, 6) is 0.911. The molecule has 0 aromatic heterocycles. The predicted molar refractivity (Wildman–Crippen MR) is 152 cm³/mol. The van der Waals surface area contributed by atoms with Crippen LogP contribution in [-0.4, -0.2) is 0 Å². The molecule has 0 fully saturated rings. The van der Waals surface area contributed by atoms with Crippen LogP contribution >= 0.6 is 0 Å². The second kappa shape index (κ2) is 15.8. The summed E-state index contributed by atoms with van der Waals surface area (Å²) in [7, 11) is 0. The Labute approximate surface area is 213 Å². The van der Waals surface area contributed by atoms with Crippen LogP contribution in [0.15, 0.2) is 97.6 Å². The topological polar surface area (TPSA) is 9.23 Å². The molecule has 0 N–H and O–H groups in total. The molecule has 0 radical (unpaired) electrons. The van der Waals surface area contributed by atoms with E-state index in [1.807, 2.05) is 6.08 Å². The van der Waals surface area contributed by atoms with E-state index in [1.165, 1.54) is 72.8 Å². The second-order valence-electron chi connectivity index (χ2n) is 9.38. The third-order valence-electron chi connectivity index (χ3n) is 6.53. The number of benzene rings is 3. The van der Waals surface area contributed by atoms with E-state index in [9.17, 15) is 0 Å². The van der Waals surface area contributed by atoms with E-state index >= 15 is 0 Å². The van der Waals surface area contributed by atoms with Crippen molar-refractivity contribution in [2.45, 2.75) is 77.7 Å². The third kappa shape index (κ3) is 9.99. The Morgan fingerprint density at radius 2 is 1.14 bits per heavy atom. The van der Waals surface area contributed by atoms with E-state index in [0.717, 1.165) is 25.0 Å². The highest BCUT2D eigenvalue weighted by Gasteiger charge is 2.02. The number of allylic oxidation sites excluding steroid dienone is 3. The number of hydrogen-bond donors (Lipinski definition) is 0. The molecule has 0 atom stereocenters.